The summed E-state index contributed by atoms with van der Waals surface area (Å²) < 4.78 is 16.9. The molecule has 2 heterocycles. The average Bonchev–Trinajstić information content (AvgIpc) is 3.10. The van der Waals surface area contributed by atoms with Crippen molar-refractivity contribution >= 4 is 17.9 Å². The molecule has 0 radical (unpaired) electrons. The van der Waals surface area contributed by atoms with E-state index in [0.717, 1.165) is 25.7 Å². The highest BCUT2D eigenvalue weighted by atomic mass is 16.6. The Labute approximate surface area is 166 Å². The van der Waals surface area contributed by atoms with Crippen LogP contribution in [0.15, 0.2) is 11.6 Å². The van der Waals surface area contributed by atoms with Gasteiger partial charge in [-0.3, -0.25) is 9.59 Å². The Hall–Kier alpha value is -1.85. The van der Waals surface area contributed by atoms with E-state index in [4.69, 9.17) is 14.2 Å². The largest absolute Gasteiger partial charge is 0.462 e. The third-order valence-electron chi connectivity index (χ3n) is 8.20. The van der Waals surface area contributed by atoms with E-state index >= 15 is 0 Å². The molecule has 0 spiro atoms. The maximum atomic E-state index is 13.4. The van der Waals surface area contributed by atoms with Crippen LogP contribution in [-0.2, 0) is 28.6 Å². The summed E-state index contributed by atoms with van der Waals surface area (Å²) in [5.74, 6) is -0.419. The van der Waals surface area contributed by atoms with Crippen LogP contribution < -0.4 is 0 Å². The van der Waals surface area contributed by atoms with Crippen molar-refractivity contribution in [1.29, 1.82) is 0 Å². The van der Waals surface area contributed by atoms with Crippen LogP contribution in [0, 0.1) is 22.7 Å². The first kappa shape index (κ1) is 19.5. The molecule has 5 atom stereocenters. The molecule has 154 valence electrons. The van der Waals surface area contributed by atoms with Crippen LogP contribution >= 0.6 is 0 Å². The highest BCUT2D eigenvalue weighted by Gasteiger charge is 2.75. The monoisotopic (exact) mass is 390 g/mol. The molecule has 0 aromatic carbocycles. The van der Waals surface area contributed by atoms with Crippen LogP contribution in [0.3, 0.4) is 0 Å². The SMILES string of the molecule is CC(=O)O[C@@H]1CC[C@@H]2[C@]3(CCC4=CCOC4=O)C(=O)O[C@]2(CC[C@H]3C)C1(C)C. The van der Waals surface area contributed by atoms with Crippen LogP contribution in [-0.4, -0.2) is 36.2 Å². The molecule has 0 aromatic heterocycles. The molecular formula is C22H30O6. The molecule has 2 bridgehead atoms. The van der Waals surface area contributed by atoms with Crippen molar-refractivity contribution in [3.63, 3.8) is 0 Å². The van der Waals surface area contributed by atoms with Crippen LogP contribution in [0.1, 0.15) is 66.2 Å². The fourth-order valence-electron chi connectivity index (χ4n) is 6.56. The van der Waals surface area contributed by atoms with Gasteiger partial charge >= 0.3 is 17.9 Å². The minimum absolute atomic E-state index is 0.0797. The Morgan fingerprint density at radius 3 is 2.64 bits per heavy atom. The van der Waals surface area contributed by atoms with E-state index in [1.165, 1.54) is 6.92 Å². The zero-order valence-corrected chi connectivity index (χ0v) is 17.2. The summed E-state index contributed by atoms with van der Waals surface area (Å²) >= 11 is 0. The van der Waals surface area contributed by atoms with Gasteiger partial charge in [-0.25, -0.2) is 4.79 Å². The number of rotatable bonds is 4. The molecule has 4 rings (SSSR count). The number of esters is 3. The summed E-state index contributed by atoms with van der Waals surface area (Å²) in [6.45, 7) is 8.04. The number of hydrogen-bond acceptors (Lipinski definition) is 6. The minimum atomic E-state index is -0.612. The lowest BCUT2D eigenvalue weighted by Gasteiger charge is -2.58. The summed E-state index contributed by atoms with van der Waals surface area (Å²) in [6.07, 6.45) is 5.92. The van der Waals surface area contributed by atoms with Crippen molar-refractivity contribution in [2.24, 2.45) is 22.7 Å². The van der Waals surface area contributed by atoms with Gasteiger partial charge < -0.3 is 14.2 Å². The molecule has 6 heteroatoms. The number of carbonyl (C=O) groups is 3. The molecule has 3 fully saturated rings. The van der Waals surface area contributed by atoms with Gasteiger partial charge in [0.25, 0.3) is 0 Å². The molecule has 2 aliphatic carbocycles. The molecule has 6 nitrogen and oxygen atoms in total. The standard InChI is InChI=1S/C22H30O6/c1-13-7-11-22-16(5-6-17(20(22,3)4)27-14(2)23)21(13,19(25)28-22)10-8-15-9-12-26-18(15)24/h9,13,16-17H,5-8,10-12H2,1-4H3/t13-,16-,17-,21-,22+/m1/s1. The van der Waals surface area contributed by atoms with Crippen LogP contribution in [0.2, 0.25) is 0 Å². The topological polar surface area (TPSA) is 78.9 Å². The molecule has 2 aliphatic heterocycles. The van der Waals surface area contributed by atoms with E-state index < -0.39 is 16.4 Å². The van der Waals surface area contributed by atoms with Gasteiger partial charge in [0.15, 0.2) is 0 Å². The predicted octanol–water partition coefficient (Wildman–Crippen LogP) is 3.33. The van der Waals surface area contributed by atoms with Gasteiger partial charge in [0.05, 0.1) is 5.41 Å². The maximum Gasteiger partial charge on any atom is 0.334 e. The fraction of sp³-hybridized carbons (Fsp3) is 0.773. The number of cyclic esters (lactones) is 1. The van der Waals surface area contributed by atoms with Gasteiger partial charge in [-0.05, 0) is 50.5 Å². The zero-order valence-electron chi connectivity index (χ0n) is 17.2. The van der Waals surface area contributed by atoms with Gasteiger partial charge in [-0.1, -0.05) is 20.8 Å². The lowest BCUT2D eigenvalue weighted by molar-refractivity contribution is -0.210. The van der Waals surface area contributed by atoms with Gasteiger partial charge in [-0.15, -0.1) is 0 Å². The second-order valence-electron chi connectivity index (χ2n) is 9.54. The Morgan fingerprint density at radius 1 is 1.25 bits per heavy atom. The summed E-state index contributed by atoms with van der Waals surface area (Å²) in [5, 5.41) is 0. The highest BCUT2D eigenvalue weighted by Crippen LogP contribution is 2.69. The fourth-order valence-corrected chi connectivity index (χ4v) is 6.56. The van der Waals surface area contributed by atoms with E-state index in [1.807, 2.05) is 6.08 Å². The minimum Gasteiger partial charge on any atom is -0.462 e. The van der Waals surface area contributed by atoms with Crippen molar-refractivity contribution in [2.45, 2.75) is 77.9 Å². The Morgan fingerprint density at radius 2 is 2.00 bits per heavy atom. The second kappa shape index (κ2) is 6.33. The van der Waals surface area contributed by atoms with Crippen molar-refractivity contribution in [2.75, 3.05) is 6.61 Å². The number of ether oxygens (including phenoxy) is 3. The van der Waals surface area contributed by atoms with Crippen LogP contribution in [0.25, 0.3) is 0 Å². The predicted molar refractivity (Wildman–Crippen MR) is 100.0 cm³/mol. The van der Waals surface area contributed by atoms with E-state index in [-0.39, 0.29) is 35.8 Å². The summed E-state index contributed by atoms with van der Waals surface area (Å²) in [5.41, 5.74) is -0.977. The number of hydrogen-bond donors (Lipinski definition) is 0. The van der Waals surface area contributed by atoms with Crippen molar-refractivity contribution in [3.05, 3.63) is 11.6 Å². The first-order valence-corrected chi connectivity index (χ1v) is 10.4. The number of carbonyl (C=O) groups excluding carboxylic acids is 3. The average molecular weight is 390 g/mol. The molecule has 0 aromatic rings. The lowest BCUT2D eigenvalue weighted by atomic mass is 9.46. The second-order valence-corrected chi connectivity index (χ2v) is 9.54. The van der Waals surface area contributed by atoms with Crippen LogP contribution in [0.4, 0.5) is 0 Å². The third-order valence-corrected chi connectivity index (χ3v) is 8.20. The smallest absolute Gasteiger partial charge is 0.334 e. The quantitative estimate of drug-likeness (QED) is 0.541. The molecule has 1 saturated heterocycles. The molecule has 2 saturated carbocycles. The normalized spacial score (nSPS) is 41.0. The highest BCUT2D eigenvalue weighted by molar-refractivity contribution is 5.90. The Bertz CT molecular complexity index is 752. The van der Waals surface area contributed by atoms with Crippen molar-refractivity contribution in [1.82, 2.24) is 0 Å². The van der Waals surface area contributed by atoms with Gasteiger partial charge in [0, 0.05) is 23.8 Å². The van der Waals surface area contributed by atoms with E-state index in [0.29, 0.717) is 25.0 Å². The van der Waals surface area contributed by atoms with Crippen molar-refractivity contribution in [3.8, 4) is 0 Å². The van der Waals surface area contributed by atoms with Crippen molar-refractivity contribution < 1.29 is 28.6 Å². The van der Waals surface area contributed by atoms with E-state index in [2.05, 4.69) is 20.8 Å². The van der Waals surface area contributed by atoms with Gasteiger partial charge in [-0.2, -0.15) is 0 Å². The molecule has 0 amide bonds. The van der Waals surface area contributed by atoms with Crippen LogP contribution in [0.5, 0.6) is 0 Å². The van der Waals surface area contributed by atoms with E-state index in [1.54, 1.807) is 0 Å². The molecule has 4 aliphatic rings. The summed E-state index contributed by atoms with van der Waals surface area (Å²) in [7, 11) is 0. The molecule has 28 heavy (non-hydrogen) atoms. The zero-order chi connectivity index (χ0) is 20.3. The first-order chi connectivity index (χ1) is 13.1. The first-order valence-electron chi connectivity index (χ1n) is 10.4. The third kappa shape index (κ3) is 2.42. The summed E-state index contributed by atoms with van der Waals surface area (Å²) in [6, 6.07) is 0. The maximum absolute atomic E-state index is 13.4. The van der Waals surface area contributed by atoms with Gasteiger partial charge in [0.2, 0.25) is 0 Å². The van der Waals surface area contributed by atoms with E-state index in [9.17, 15) is 14.4 Å². The molecule has 0 unspecified atom stereocenters. The molecular weight excluding hydrogens is 360 g/mol. The Kier molecular flexibility index (Phi) is 4.40. The molecule has 0 N–H and O–H groups in total. The van der Waals surface area contributed by atoms with Gasteiger partial charge in [0.1, 0.15) is 18.3 Å². The Balaban J connectivity index is 1.68. The summed E-state index contributed by atoms with van der Waals surface area (Å²) in [4.78, 5) is 36.9. The lowest BCUT2D eigenvalue weighted by Crippen LogP contribution is -2.63.